The van der Waals surface area contributed by atoms with Crippen LogP contribution in [0.2, 0.25) is 0 Å². The molecule has 0 radical (unpaired) electrons. The molecule has 140 valence electrons. The van der Waals surface area contributed by atoms with Gasteiger partial charge in [0.25, 0.3) is 5.56 Å². The molecule has 8 nitrogen and oxygen atoms in total. The van der Waals surface area contributed by atoms with Gasteiger partial charge in [-0.15, -0.1) is 11.3 Å². The largest absolute Gasteiger partial charge is 0.478 e. The second-order valence-electron chi connectivity index (χ2n) is 6.24. The number of aromatic carboxylic acids is 1. The Hall–Kier alpha value is -2.26. The van der Waals surface area contributed by atoms with E-state index in [1.54, 1.807) is 0 Å². The topological polar surface area (TPSA) is 111 Å². The molecular formula is C17H21N3O5S. The summed E-state index contributed by atoms with van der Waals surface area (Å²) in [5.74, 6) is -0.989. The van der Waals surface area contributed by atoms with Crippen LogP contribution in [0.25, 0.3) is 10.2 Å². The first-order chi connectivity index (χ1) is 12.5. The zero-order valence-corrected chi connectivity index (χ0v) is 15.3. The van der Waals surface area contributed by atoms with E-state index in [9.17, 15) is 19.5 Å². The van der Waals surface area contributed by atoms with Gasteiger partial charge in [0.05, 0.1) is 17.1 Å². The number of rotatable bonds is 7. The van der Waals surface area contributed by atoms with Gasteiger partial charge in [-0.3, -0.25) is 14.2 Å². The molecule has 0 aliphatic carbocycles. The maximum absolute atomic E-state index is 12.9. The van der Waals surface area contributed by atoms with Gasteiger partial charge in [0.1, 0.15) is 17.2 Å². The molecule has 2 aromatic heterocycles. The van der Waals surface area contributed by atoms with Crippen LogP contribution in [-0.2, 0) is 22.5 Å². The minimum atomic E-state index is -1.17. The molecule has 2 aromatic rings. The Kier molecular flexibility index (Phi) is 5.67. The summed E-state index contributed by atoms with van der Waals surface area (Å²) in [4.78, 5) is 41.4. The standard InChI is InChI=1S/C17H21N3O5S/c1-2-4-12-19-15-14(11(9-26-15)17(23)24)16(22)20(12)8-13(21)18-7-10-5-3-6-25-10/h9-10H,2-8H2,1H3,(H,18,21)(H,23,24). The highest BCUT2D eigenvalue weighted by Crippen LogP contribution is 2.22. The second-order valence-corrected chi connectivity index (χ2v) is 7.10. The van der Waals surface area contributed by atoms with Crippen molar-refractivity contribution in [2.24, 2.45) is 0 Å². The highest BCUT2D eigenvalue weighted by Gasteiger charge is 2.21. The van der Waals surface area contributed by atoms with Crippen molar-refractivity contribution in [3.63, 3.8) is 0 Å². The zero-order valence-electron chi connectivity index (χ0n) is 14.5. The Labute approximate surface area is 153 Å². The number of ether oxygens (including phenoxy) is 1. The summed E-state index contributed by atoms with van der Waals surface area (Å²) in [6, 6.07) is 0. The van der Waals surface area contributed by atoms with Crippen LogP contribution in [0.1, 0.15) is 42.4 Å². The lowest BCUT2D eigenvalue weighted by molar-refractivity contribution is -0.122. The number of aryl methyl sites for hydroxylation is 1. The number of hydrogen-bond donors (Lipinski definition) is 2. The number of amides is 1. The van der Waals surface area contributed by atoms with Crippen LogP contribution < -0.4 is 10.9 Å². The predicted molar refractivity (Wildman–Crippen MR) is 96.8 cm³/mol. The fourth-order valence-electron chi connectivity index (χ4n) is 3.03. The number of carbonyl (C=O) groups excluding carboxylic acids is 1. The van der Waals surface area contributed by atoms with Crippen LogP contribution in [-0.4, -0.2) is 45.8 Å². The van der Waals surface area contributed by atoms with E-state index in [-0.39, 0.29) is 29.5 Å². The summed E-state index contributed by atoms with van der Waals surface area (Å²) in [5.41, 5.74) is -0.552. The normalized spacial score (nSPS) is 16.9. The van der Waals surface area contributed by atoms with Crippen LogP contribution >= 0.6 is 11.3 Å². The number of nitrogens with zero attached hydrogens (tertiary/aromatic N) is 2. The van der Waals surface area contributed by atoms with Gasteiger partial charge in [0, 0.05) is 25.0 Å². The molecule has 0 saturated carbocycles. The van der Waals surface area contributed by atoms with Gasteiger partial charge in [0.15, 0.2) is 0 Å². The molecule has 0 spiro atoms. The molecule has 1 aliphatic rings. The van der Waals surface area contributed by atoms with E-state index in [1.807, 2.05) is 6.92 Å². The average molecular weight is 379 g/mol. The molecule has 26 heavy (non-hydrogen) atoms. The van der Waals surface area contributed by atoms with Crippen LogP contribution in [0.5, 0.6) is 0 Å². The van der Waals surface area contributed by atoms with Crippen molar-refractivity contribution >= 4 is 33.4 Å². The Morgan fingerprint density at radius 1 is 1.50 bits per heavy atom. The summed E-state index contributed by atoms with van der Waals surface area (Å²) in [6.07, 6.45) is 3.20. The molecule has 0 aromatic carbocycles. The van der Waals surface area contributed by atoms with E-state index in [1.165, 1.54) is 9.95 Å². The summed E-state index contributed by atoms with van der Waals surface area (Å²) >= 11 is 1.13. The molecule has 0 bridgehead atoms. The number of carboxylic acids is 1. The molecule has 1 aliphatic heterocycles. The van der Waals surface area contributed by atoms with Gasteiger partial charge in [-0.25, -0.2) is 9.78 Å². The quantitative estimate of drug-likeness (QED) is 0.752. The number of hydrogen-bond acceptors (Lipinski definition) is 6. The summed E-state index contributed by atoms with van der Waals surface area (Å²) in [7, 11) is 0. The van der Waals surface area contributed by atoms with Crippen molar-refractivity contribution in [3.8, 4) is 0 Å². The molecule has 1 unspecified atom stereocenters. The van der Waals surface area contributed by atoms with E-state index in [0.717, 1.165) is 30.6 Å². The Morgan fingerprint density at radius 3 is 2.96 bits per heavy atom. The van der Waals surface area contributed by atoms with E-state index >= 15 is 0 Å². The Bertz CT molecular complexity index is 882. The van der Waals surface area contributed by atoms with Crippen LogP contribution in [0.4, 0.5) is 0 Å². The number of aromatic nitrogens is 2. The van der Waals surface area contributed by atoms with Crippen LogP contribution in [0.15, 0.2) is 10.2 Å². The third-order valence-corrected chi connectivity index (χ3v) is 5.20. The van der Waals surface area contributed by atoms with Crippen molar-refractivity contribution in [2.75, 3.05) is 13.2 Å². The molecule has 1 atom stereocenters. The molecule has 3 rings (SSSR count). The number of nitrogens with one attached hydrogen (secondary N) is 1. The predicted octanol–water partition coefficient (Wildman–Crippen LogP) is 1.40. The third-order valence-electron chi connectivity index (χ3n) is 4.33. The third kappa shape index (κ3) is 3.78. The van der Waals surface area contributed by atoms with Gasteiger partial charge in [-0.2, -0.15) is 0 Å². The van der Waals surface area contributed by atoms with Crippen molar-refractivity contribution in [3.05, 3.63) is 27.1 Å². The second kappa shape index (κ2) is 7.96. The van der Waals surface area contributed by atoms with Crippen molar-refractivity contribution in [1.29, 1.82) is 0 Å². The van der Waals surface area contributed by atoms with Crippen molar-refractivity contribution in [1.82, 2.24) is 14.9 Å². The molecule has 9 heteroatoms. The van der Waals surface area contributed by atoms with Crippen LogP contribution in [0, 0.1) is 0 Å². The lowest BCUT2D eigenvalue weighted by Crippen LogP contribution is -2.38. The Morgan fingerprint density at radius 2 is 2.31 bits per heavy atom. The molecular weight excluding hydrogens is 358 g/mol. The molecule has 2 N–H and O–H groups in total. The number of carbonyl (C=O) groups is 2. The van der Waals surface area contributed by atoms with E-state index < -0.39 is 11.5 Å². The molecule has 1 fully saturated rings. The lowest BCUT2D eigenvalue weighted by atomic mass is 10.2. The van der Waals surface area contributed by atoms with Crippen LogP contribution in [0.3, 0.4) is 0 Å². The Balaban J connectivity index is 1.89. The zero-order chi connectivity index (χ0) is 18.7. The monoisotopic (exact) mass is 379 g/mol. The summed E-state index contributed by atoms with van der Waals surface area (Å²) in [5, 5.41) is 13.5. The number of fused-ring (bicyclic) bond motifs is 1. The maximum atomic E-state index is 12.9. The van der Waals surface area contributed by atoms with Crippen molar-refractivity contribution in [2.45, 2.75) is 45.3 Å². The summed E-state index contributed by atoms with van der Waals surface area (Å²) < 4.78 is 6.76. The molecule has 3 heterocycles. The minimum Gasteiger partial charge on any atom is -0.478 e. The number of carboxylic acid groups (broad SMARTS) is 1. The minimum absolute atomic E-state index is 0.0156. The highest BCUT2D eigenvalue weighted by atomic mass is 32.1. The fraction of sp³-hybridized carbons (Fsp3) is 0.529. The van der Waals surface area contributed by atoms with E-state index in [0.29, 0.717) is 30.2 Å². The SMILES string of the molecule is CCCc1nc2scc(C(=O)O)c2c(=O)n1CC(=O)NCC1CCCO1. The highest BCUT2D eigenvalue weighted by molar-refractivity contribution is 7.17. The maximum Gasteiger partial charge on any atom is 0.337 e. The van der Waals surface area contributed by atoms with Gasteiger partial charge < -0.3 is 15.2 Å². The first-order valence-corrected chi connectivity index (χ1v) is 9.51. The van der Waals surface area contributed by atoms with E-state index in [4.69, 9.17) is 4.74 Å². The summed E-state index contributed by atoms with van der Waals surface area (Å²) in [6.45, 7) is 2.89. The first-order valence-electron chi connectivity index (χ1n) is 8.63. The van der Waals surface area contributed by atoms with Gasteiger partial charge >= 0.3 is 5.97 Å². The first kappa shape index (κ1) is 18.5. The smallest absolute Gasteiger partial charge is 0.337 e. The van der Waals surface area contributed by atoms with Gasteiger partial charge in [-0.05, 0) is 19.3 Å². The van der Waals surface area contributed by atoms with Gasteiger partial charge in [0.2, 0.25) is 5.91 Å². The molecule has 1 saturated heterocycles. The number of thiophene rings is 1. The van der Waals surface area contributed by atoms with Gasteiger partial charge in [-0.1, -0.05) is 6.92 Å². The van der Waals surface area contributed by atoms with Crippen molar-refractivity contribution < 1.29 is 19.4 Å². The van der Waals surface area contributed by atoms with E-state index in [2.05, 4.69) is 10.3 Å². The lowest BCUT2D eigenvalue weighted by Gasteiger charge is -2.14. The fourth-order valence-corrected chi connectivity index (χ4v) is 3.96. The molecule has 1 amide bonds. The average Bonchev–Trinajstić information content (AvgIpc) is 3.26.